The molecule has 0 bridgehead atoms. The third-order valence-electron chi connectivity index (χ3n) is 10.3. The van der Waals surface area contributed by atoms with Crippen LogP contribution in [0.1, 0.15) is 0 Å². The Balaban J connectivity index is 0.000000182. The van der Waals surface area contributed by atoms with E-state index in [1.165, 1.54) is 112 Å². The molecule has 0 heterocycles. The van der Waals surface area contributed by atoms with Crippen molar-refractivity contribution in [1.82, 2.24) is 0 Å². The van der Waals surface area contributed by atoms with Crippen LogP contribution in [-0.4, -0.2) is 6.88 Å². The van der Waals surface area contributed by atoms with Gasteiger partial charge in [-0.3, -0.25) is 0 Å². The summed E-state index contributed by atoms with van der Waals surface area (Å²) >= 11 is 1.36. The van der Waals surface area contributed by atoms with Crippen molar-refractivity contribution in [3.05, 3.63) is 245 Å². The molecule has 0 aliphatic carbocycles. The summed E-state index contributed by atoms with van der Waals surface area (Å²) in [5.74, 6) is 0. The van der Waals surface area contributed by atoms with Gasteiger partial charge in [0.2, 0.25) is 0 Å². The van der Waals surface area contributed by atoms with Gasteiger partial charge in [-0.25, -0.2) is 0 Å². The molecule has 0 fully saturated rings. The van der Waals surface area contributed by atoms with Crippen molar-refractivity contribution in [3.63, 3.8) is 0 Å². The maximum atomic E-state index is 3.06. The van der Waals surface area contributed by atoms with Crippen LogP contribution in [0.2, 0.25) is 0 Å². The Bertz CT molecular complexity index is 2440. The molecule has 0 nitrogen and oxygen atoms in total. The van der Waals surface area contributed by atoms with Crippen molar-refractivity contribution >= 4 is 28.4 Å². The Morgan fingerprint density at radius 2 is 0.500 bits per heavy atom. The van der Waals surface area contributed by atoms with E-state index in [-0.39, 0.29) is 14.9 Å². The molecule has 0 aromatic heterocycles. The van der Waals surface area contributed by atoms with Gasteiger partial charge >= 0.3 is 30.2 Å². The fraction of sp³-hybridized carbons (Fsp3) is 0. The summed E-state index contributed by atoms with van der Waals surface area (Å²) in [6.07, 6.45) is 0. The van der Waals surface area contributed by atoms with Crippen LogP contribution >= 0.6 is 0 Å². The van der Waals surface area contributed by atoms with E-state index in [1.807, 2.05) is 0 Å². The van der Waals surface area contributed by atoms with Crippen molar-refractivity contribution in [2.24, 2.45) is 0 Å². The van der Waals surface area contributed by atoms with Crippen LogP contribution in [0.5, 0.6) is 0 Å². The second kappa shape index (κ2) is 20.0. The molecule has 280 valence electrons. The molecule has 10 aromatic rings. The molecule has 0 amide bonds. The molecule has 10 aromatic carbocycles. The largest absolute Gasteiger partial charge is 0.144 e. The Morgan fingerprint density at radius 3 is 0.776 bits per heavy atom. The minimum atomic E-state index is 0. The van der Waals surface area contributed by atoms with Crippen LogP contribution in [0.4, 0.5) is 0 Å². The standard InChI is InChI=1S/2C27H19.2CH3.Si.Zr/c2*1-4-10-20(11-5-1)23-18-26-24(21-12-6-2-7-13-21)16-17-25(27(26)19-23)22-14-8-3-9-15-22;;;;/h2*1-19H;2*1H3;;/q4*-1;;. The van der Waals surface area contributed by atoms with Crippen LogP contribution < -0.4 is 0 Å². The van der Waals surface area contributed by atoms with Crippen molar-refractivity contribution in [2.45, 2.75) is 0 Å². The van der Waals surface area contributed by atoms with Crippen molar-refractivity contribution in [3.8, 4) is 66.8 Å². The number of rotatable bonds is 6. The smallest absolute Gasteiger partial charge is 0.0259 e. The van der Waals surface area contributed by atoms with Crippen LogP contribution in [0.25, 0.3) is 88.3 Å². The first kappa shape index (κ1) is 41.7. The summed E-state index contributed by atoms with van der Waals surface area (Å²) in [5, 5.41) is 5.23. The average molecular weight is 836 g/mol. The van der Waals surface area contributed by atoms with Crippen molar-refractivity contribution in [2.75, 3.05) is 0 Å². The Hall–Kier alpha value is -5.92. The summed E-state index contributed by atoms with van der Waals surface area (Å²) in [6, 6.07) is 82.2. The Labute approximate surface area is 361 Å². The molecule has 58 heavy (non-hydrogen) atoms. The zero-order valence-corrected chi connectivity index (χ0v) is 36.4. The van der Waals surface area contributed by atoms with Gasteiger partial charge in [-0.15, -0.1) is 56.9 Å². The molecule has 10 rings (SSSR count). The van der Waals surface area contributed by atoms with Crippen molar-refractivity contribution < 1.29 is 23.3 Å². The van der Waals surface area contributed by atoms with Gasteiger partial charge < -0.3 is 14.9 Å². The third kappa shape index (κ3) is 8.95. The van der Waals surface area contributed by atoms with E-state index in [9.17, 15) is 0 Å². The predicted octanol–water partition coefficient (Wildman–Crippen LogP) is 15.6. The van der Waals surface area contributed by atoms with Gasteiger partial charge in [0, 0.05) is 0 Å². The first-order valence-electron chi connectivity index (χ1n) is 18.8. The molecule has 0 atom stereocenters. The molecule has 0 saturated carbocycles. The Morgan fingerprint density at radius 1 is 0.276 bits per heavy atom. The molecule has 0 aliphatic rings. The molecule has 0 spiro atoms. The van der Waals surface area contributed by atoms with Crippen LogP contribution in [0, 0.1) is 14.9 Å². The maximum absolute atomic E-state index is 3.06. The zero-order chi connectivity index (χ0) is 38.1. The van der Waals surface area contributed by atoms with Crippen LogP contribution in [0.3, 0.4) is 0 Å². The summed E-state index contributed by atoms with van der Waals surface area (Å²) in [4.78, 5) is 0. The summed E-state index contributed by atoms with van der Waals surface area (Å²) in [7, 11) is 0. The number of benzene rings is 8. The first-order valence-corrected chi connectivity index (χ1v) is 23.0. The second-order valence-electron chi connectivity index (χ2n) is 13.7. The minimum absolute atomic E-state index is 0. The van der Waals surface area contributed by atoms with E-state index in [2.05, 4.69) is 237 Å². The van der Waals surface area contributed by atoms with E-state index in [0.717, 1.165) is 0 Å². The SMILES string of the molecule is [CH3-].[CH3-].[Si]=[Zr].c1ccc(-c2cc3c(-c4ccccc4)ccc(-c4ccccc4)c3[cH-]2)cc1.c1ccc(-c2cc3c(-c4ccccc4)ccc(-c4ccccc4)c3[cH-]2)cc1. The Kier molecular flexibility index (Phi) is 14.4. The van der Waals surface area contributed by atoms with E-state index in [4.69, 9.17) is 0 Å². The molecule has 0 aliphatic heterocycles. The fourth-order valence-electron chi connectivity index (χ4n) is 7.67. The minimum Gasteiger partial charge on any atom is -0.144 e. The maximum Gasteiger partial charge on any atom is -0.0259 e. The monoisotopic (exact) mass is 834 g/mol. The predicted molar refractivity (Wildman–Crippen MR) is 250 cm³/mol. The summed E-state index contributed by atoms with van der Waals surface area (Å²) in [5.41, 5.74) is 15.2. The third-order valence-corrected chi connectivity index (χ3v) is 10.3. The number of fused-ring (bicyclic) bond motifs is 2. The molecule has 0 saturated heterocycles. The number of hydrogen-bond donors (Lipinski definition) is 0. The van der Waals surface area contributed by atoms with Crippen molar-refractivity contribution in [1.29, 1.82) is 0 Å². The molecule has 2 heteroatoms. The summed E-state index contributed by atoms with van der Waals surface area (Å²) < 4.78 is 0. The van der Waals surface area contributed by atoms with Gasteiger partial charge in [-0.05, 0) is 11.1 Å². The molecule has 0 unspecified atom stereocenters. The quantitative estimate of drug-likeness (QED) is 0.116. The number of hydrogen-bond acceptors (Lipinski definition) is 0. The average Bonchev–Trinajstić information content (AvgIpc) is 3.95. The molecular weight excluding hydrogens is 792 g/mol. The summed E-state index contributed by atoms with van der Waals surface area (Å²) in [6.45, 7) is 3.06. The normalized spacial score (nSPS) is 10.3. The van der Waals surface area contributed by atoms with Crippen LogP contribution in [0.15, 0.2) is 231 Å². The zero-order valence-electron chi connectivity index (χ0n) is 32.9. The van der Waals surface area contributed by atoms with E-state index < -0.39 is 0 Å². The first-order chi connectivity index (χ1) is 27.8. The fourth-order valence-corrected chi connectivity index (χ4v) is 7.67. The van der Waals surface area contributed by atoms with Crippen LogP contribution in [-0.2, 0) is 23.3 Å². The molecule has 0 N–H and O–H groups in total. The van der Waals surface area contributed by atoms with Gasteiger partial charge in [0.1, 0.15) is 0 Å². The molecular formula is C56H44SiZr-4. The topological polar surface area (TPSA) is 0 Å². The van der Waals surface area contributed by atoms with E-state index in [1.54, 1.807) is 0 Å². The van der Waals surface area contributed by atoms with E-state index in [0.29, 0.717) is 0 Å². The van der Waals surface area contributed by atoms with Gasteiger partial charge in [0.05, 0.1) is 0 Å². The van der Waals surface area contributed by atoms with Gasteiger partial charge in [0.15, 0.2) is 0 Å². The van der Waals surface area contributed by atoms with Gasteiger partial charge in [0.25, 0.3) is 0 Å². The second-order valence-corrected chi connectivity index (χ2v) is 13.7. The van der Waals surface area contributed by atoms with E-state index >= 15 is 0 Å². The van der Waals surface area contributed by atoms with Gasteiger partial charge in [-0.2, -0.15) is 0 Å². The molecule has 2 radical (unpaired) electrons. The van der Waals surface area contributed by atoms with Gasteiger partial charge in [-0.1, -0.05) is 251 Å².